The van der Waals surface area contributed by atoms with Crippen LogP contribution in [0.15, 0.2) is 54.6 Å². The van der Waals surface area contributed by atoms with Crippen LogP contribution in [0.1, 0.15) is 32.9 Å². The van der Waals surface area contributed by atoms with Gasteiger partial charge >= 0.3 is 6.18 Å². The number of rotatable bonds is 5. The van der Waals surface area contributed by atoms with Gasteiger partial charge in [-0.15, -0.1) is 0 Å². The first-order valence-corrected chi connectivity index (χ1v) is 11.0. The third-order valence-corrected chi connectivity index (χ3v) is 6.04. The van der Waals surface area contributed by atoms with Gasteiger partial charge in [0.05, 0.1) is 28.2 Å². The number of piperazine rings is 1. The van der Waals surface area contributed by atoms with Gasteiger partial charge in [0.25, 0.3) is 11.7 Å². The van der Waals surface area contributed by atoms with E-state index in [-0.39, 0.29) is 11.3 Å². The molecule has 0 unspecified atom stereocenters. The van der Waals surface area contributed by atoms with Crippen LogP contribution in [0, 0.1) is 13.8 Å². The molecular weight excluding hydrogens is 445 g/mol. The monoisotopic (exact) mass is 470 g/mol. The third-order valence-electron chi connectivity index (χ3n) is 6.04. The number of benzene rings is 2. The number of hydrogen-bond donors (Lipinski definition) is 0. The molecular formula is C25H25F3N4O2. The fourth-order valence-electron chi connectivity index (χ4n) is 4.24. The summed E-state index contributed by atoms with van der Waals surface area (Å²) in [5.41, 5.74) is 1.32. The summed E-state index contributed by atoms with van der Waals surface area (Å²) in [6.45, 7) is 6.09. The van der Waals surface area contributed by atoms with E-state index in [2.05, 4.69) is 22.1 Å². The van der Waals surface area contributed by atoms with Crippen LogP contribution in [0.3, 0.4) is 0 Å². The van der Waals surface area contributed by atoms with Gasteiger partial charge in [0.2, 0.25) is 0 Å². The maximum absolute atomic E-state index is 13.1. The second kappa shape index (κ2) is 9.42. The molecule has 178 valence electrons. The summed E-state index contributed by atoms with van der Waals surface area (Å²) in [5, 5.41) is 4.26. The molecule has 0 N–H and O–H groups in total. The van der Waals surface area contributed by atoms with Crippen molar-refractivity contribution in [3.8, 4) is 5.69 Å². The van der Waals surface area contributed by atoms with E-state index in [1.54, 1.807) is 13.8 Å². The predicted molar refractivity (Wildman–Crippen MR) is 121 cm³/mol. The van der Waals surface area contributed by atoms with E-state index in [9.17, 15) is 22.8 Å². The largest absolute Gasteiger partial charge is 0.416 e. The van der Waals surface area contributed by atoms with E-state index < -0.39 is 23.4 Å². The molecule has 1 aromatic heterocycles. The Kier molecular flexibility index (Phi) is 6.56. The molecule has 9 heteroatoms. The van der Waals surface area contributed by atoms with E-state index >= 15 is 0 Å². The molecule has 2 heterocycles. The van der Waals surface area contributed by atoms with Crippen LogP contribution in [0.2, 0.25) is 0 Å². The summed E-state index contributed by atoms with van der Waals surface area (Å²) >= 11 is 0. The van der Waals surface area contributed by atoms with Crippen molar-refractivity contribution in [1.29, 1.82) is 0 Å². The fourth-order valence-corrected chi connectivity index (χ4v) is 4.24. The summed E-state index contributed by atoms with van der Waals surface area (Å²) in [6, 6.07) is 14.8. The Bertz CT molecular complexity index is 1200. The first kappa shape index (κ1) is 23.7. The van der Waals surface area contributed by atoms with E-state index in [4.69, 9.17) is 0 Å². The number of aryl methyl sites for hydroxylation is 1. The van der Waals surface area contributed by atoms with E-state index in [0.717, 1.165) is 18.7 Å². The van der Waals surface area contributed by atoms with Crippen molar-refractivity contribution in [2.75, 3.05) is 26.2 Å². The van der Waals surface area contributed by atoms with Gasteiger partial charge in [-0.25, -0.2) is 4.68 Å². The highest BCUT2D eigenvalue weighted by Crippen LogP contribution is 2.31. The molecule has 6 nitrogen and oxygen atoms in total. The van der Waals surface area contributed by atoms with Crippen LogP contribution in [0.4, 0.5) is 13.2 Å². The number of carbonyl (C=O) groups excluding carboxylic acids is 2. The molecule has 1 saturated heterocycles. The Labute approximate surface area is 195 Å². The maximum atomic E-state index is 13.1. The van der Waals surface area contributed by atoms with Gasteiger partial charge in [-0.05, 0) is 37.6 Å². The zero-order valence-corrected chi connectivity index (χ0v) is 19.0. The molecule has 1 amide bonds. The number of Topliss-reactive ketones (excluding diaryl/α,β-unsaturated/α-hetero) is 1. The third kappa shape index (κ3) is 4.89. The number of ketones is 1. The van der Waals surface area contributed by atoms with Crippen molar-refractivity contribution in [2.24, 2.45) is 0 Å². The lowest BCUT2D eigenvalue weighted by atomic mass is 10.1. The van der Waals surface area contributed by atoms with E-state index in [0.29, 0.717) is 37.6 Å². The minimum atomic E-state index is -4.50. The van der Waals surface area contributed by atoms with Crippen LogP contribution in [-0.4, -0.2) is 57.4 Å². The molecule has 34 heavy (non-hydrogen) atoms. The van der Waals surface area contributed by atoms with Crippen molar-refractivity contribution in [3.05, 3.63) is 82.7 Å². The molecule has 4 rings (SSSR count). The quantitative estimate of drug-likeness (QED) is 0.417. The molecule has 0 atom stereocenters. The maximum Gasteiger partial charge on any atom is 0.416 e. The number of nitrogens with zero attached hydrogens (tertiary/aromatic N) is 4. The number of aromatic nitrogens is 2. The van der Waals surface area contributed by atoms with Crippen molar-refractivity contribution >= 4 is 11.7 Å². The number of carbonyl (C=O) groups is 2. The van der Waals surface area contributed by atoms with Crippen molar-refractivity contribution in [2.45, 2.75) is 26.6 Å². The SMILES string of the molecule is Cc1nn(-c2cccc(C(F)(F)F)c2)c(C)c1C(=O)C(=O)N1CCN(Cc2ccccc2)CC1. The molecule has 1 aliphatic heterocycles. The molecule has 3 aromatic rings. The predicted octanol–water partition coefficient (Wildman–Crippen LogP) is 4.04. The summed E-state index contributed by atoms with van der Waals surface area (Å²) in [6.07, 6.45) is -4.50. The van der Waals surface area contributed by atoms with Gasteiger partial charge < -0.3 is 4.90 Å². The van der Waals surface area contributed by atoms with Crippen LogP contribution in [0.5, 0.6) is 0 Å². The van der Waals surface area contributed by atoms with Gasteiger partial charge in [0.1, 0.15) is 0 Å². The fraction of sp³-hybridized carbons (Fsp3) is 0.320. The lowest BCUT2D eigenvalue weighted by molar-refractivity contribution is -0.137. The highest BCUT2D eigenvalue weighted by molar-refractivity contribution is 6.43. The van der Waals surface area contributed by atoms with Gasteiger partial charge in [0.15, 0.2) is 0 Å². The number of amides is 1. The molecule has 0 spiro atoms. The van der Waals surface area contributed by atoms with Gasteiger partial charge in [-0.3, -0.25) is 14.5 Å². The molecule has 1 aliphatic rings. The Morgan fingerprint density at radius 1 is 0.941 bits per heavy atom. The smallest absolute Gasteiger partial charge is 0.333 e. The number of alkyl halides is 3. The Morgan fingerprint density at radius 2 is 1.62 bits per heavy atom. The van der Waals surface area contributed by atoms with Crippen LogP contribution >= 0.6 is 0 Å². The van der Waals surface area contributed by atoms with Gasteiger partial charge in [-0.2, -0.15) is 18.3 Å². The molecule has 0 aliphatic carbocycles. The summed E-state index contributed by atoms with van der Waals surface area (Å²) < 4.78 is 40.6. The topological polar surface area (TPSA) is 58.4 Å². The summed E-state index contributed by atoms with van der Waals surface area (Å²) in [4.78, 5) is 29.8. The normalized spacial score (nSPS) is 14.9. The second-order valence-electron chi connectivity index (χ2n) is 8.39. The second-order valence-corrected chi connectivity index (χ2v) is 8.39. The molecule has 0 bridgehead atoms. The van der Waals surface area contributed by atoms with Crippen LogP contribution in [0.25, 0.3) is 5.69 Å². The van der Waals surface area contributed by atoms with E-state index in [1.165, 1.54) is 27.3 Å². The lowest BCUT2D eigenvalue weighted by Crippen LogP contribution is -2.50. The van der Waals surface area contributed by atoms with Gasteiger partial charge in [0, 0.05) is 32.7 Å². The Hall–Kier alpha value is -3.46. The zero-order chi connectivity index (χ0) is 24.5. The van der Waals surface area contributed by atoms with Crippen molar-refractivity contribution < 1.29 is 22.8 Å². The van der Waals surface area contributed by atoms with Crippen molar-refractivity contribution in [3.63, 3.8) is 0 Å². The minimum Gasteiger partial charge on any atom is -0.333 e. The molecule has 0 radical (unpaired) electrons. The minimum absolute atomic E-state index is 0.133. The standard InChI is InChI=1S/C25H25F3N4O2/c1-17-22(18(2)32(29-17)21-10-6-9-20(15-21)25(26,27)28)23(33)24(34)31-13-11-30(12-14-31)16-19-7-4-3-5-8-19/h3-10,15H,11-14,16H2,1-2H3. The number of halogens is 3. The summed E-state index contributed by atoms with van der Waals surface area (Å²) in [7, 11) is 0. The Morgan fingerprint density at radius 3 is 2.26 bits per heavy atom. The highest BCUT2D eigenvalue weighted by Gasteiger charge is 2.33. The van der Waals surface area contributed by atoms with Crippen LogP contribution in [-0.2, 0) is 17.5 Å². The first-order valence-electron chi connectivity index (χ1n) is 11.0. The molecule has 2 aromatic carbocycles. The van der Waals surface area contributed by atoms with E-state index in [1.807, 2.05) is 18.2 Å². The Balaban J connectivity index is 1.47. The van der Waals surface area contributed by atoms with Crippen molar-refractivity contribution in [1.82, 2.24) is 19.6 Å². The molecule has 1 fully saturated rings. The molecule has 0 saturated carbocycles. The van der Waals surface area contributed by atoms with Gasteiger partial charge in [-0.1, -0.05) is 36.4 Å². The highest BCUT2D eigenvalue weighted by atomic mass is 19.4. The average Bonchev–Trinajstić information content (AvgIpc) is 3.12. The lowest BCUT2D eigenvalue weighted by Gasteiger charge is -2.34. The zero-order valence-electron chi connectivity index (χ0n) is 19.0. The number of hydrogen-bond acceptors (Lipinski definition) is 4. The van der Waals surface area contributed by atoms with Crippen LogP contribution < -0.4 is 0 Å². The summed E-state index contributed by atoms with van der Waals surface area (Å²) in [5.74, 6) is -1.31. The first-order chi connectivity index (χ1) is 16.1. The average molecular weight is 470 g/mol.